The van der Waals surface area contributed by atoms with Crippen LogP contribution >= 0.6 is 0 Å². The topological polar surface area (TPSA) is 45.0 Å². The monoisotopic (exact) mass is 210 g/mol. The maximum atomic E-state index is 9.15. The molecule has 3 heteroatoms. The molecule has 0 aromatic carbocycles. The number of hydrogen-bond donors (Lipinski definition) is 1. The third-order valence-electron chi connectivity index (χ3n) is 2.97. The van der Waals surface area contributed by atoms with Gasteiger partial charge in [0.2, 0.25) is 0 Å². The third kappa shape index (κ3) is 4.19. The number of nitriles is 1. The first-order valence-electron chi connectivity index (χ1n) is 5.97. The third-order valence-corrected chi connectivity index (χ3v) is 2.97. The maximum Gasteiger partial charge on any atom is 0.127 e. The Hall–Kier alpha value is -0.590. The molecule has 0 saturated heterocycles. The summed E-state index contributed by atoms with van der Waals surface area (Å²) in [6.45, 7) is 5.04. The van der Waals surface area contributed by atoms with E-state index in [1.807, 2.05) is 13.8 Å². The van der Waals surface area contributed by atoms with Crippen molar-refractivity contribution in [1.82, 2.24) is 5.32 Å². The molecule has 0 radical (unpaired) electrons. The maximum absolute atomic E-state index is 9.15. The van der Waals surface area contributed by atoms with Gasteiger partial charge in [0.05, 0.1) is 12.7 Å². The second kappa shape index (κ2) is 6.09. The van der Waals surface area contributed by atoms with Gasteiger partial charge in [0, 0.05) is 12.6 Å². The Balaban J connectivity index is 2.40. The molecule has 86 valence electrons. The van der Waals surface area contributed by atoms with Crippen LogP contribution in [0.15, 0.2) is 0 Å². The molecule has 1 atom stereocenters. The SMILES string of the molecule is CCOCC(C)(C#N)NC1CCCCC1. The molecule has 3 nitrogen and oxygen atoms in total. The summed E-state index contributed by atoms with van der Waals surface area (Å²) in [5.74, 6) is 0. The highest BCUT2D eigenvalue weighted by Crippen LogP contribution is 2.19. The van der Waals surface area contributed by atoms with Crippen molar-refractivity contribution in [3.8, 4) is 6.07 Å². The van der Waals surface area contributed by atoms with Gasteiger partial charge in [0.1, 0.15) is 5.54 Å². The molecule has 0 amide bonds. The van der Waals surface area contributed by atoms with Crippen molar-refractivity contribution in [3.05, 3.63) is 0 Å². The Bertz CT molecular complexity index is 218. The molecule has 1 saturated carbocycles. The number of ether oxygens (including phenoxy) is 1. The van der Waals surface area contributed by atoms with E-state index < -0.39 is 5.54 Å². The Morgan fingerprint density at radius 3 is 2.60 bits per heavy atom. The minimum Gasteiger partial charge on any atom is -0.379 e. The smallest absolute Gasteiger partial charge is 0.127 e. The highest BCUT2D eigenvalue weighted by molar-refractivity contribution is 5.05. The van der Waals surface area contributed by atoms with E-state index in [1.54, 1.807) is 0 Å². The lowest BCUT2D eigenvalue weighted by Crippen LogP contribution is -2.51. The molecule has 1 fully saturated rings. The minimum atomic E-state index is -0.516. The summed E-state index contributed by atoms with van der Waals surface area (Å²) in [5, 5.41) is 12.6. The van der Waals surface area contributed by atoms with Gasteiger partial charge in [-0.15, -0.1) is 0 Å². The van der Waals surface area contributed by atoms with Crippen LogP contribution in [0.3, 0.4) is 0 Å². The Morgan fingerprint density at radius 2 is 2.07 bits per heavy atom. The van der Waals surface area contributed by atoms with Crippen LogP contribution in [0.2, 0.25) is 0 Å². The highest BCUT2D eigenvalue weighted by atomic mass is 16.5. The fourth-order valence-electron chi connectivity index (χ4n) is 2.11. The van der Waals surface area contributed by atoms with Gasteiger partial charge >= 0.3 is 0 Å². The second-order valence-electron chi connectivity index (χ2n) is 4.56. The first kappa shape index (κ1) is 12.5. The van der Waals surface area contributed by atoms with Crippen LogP contribution in [0, 0.1) is 11.3 Å². The molecule has 0 aliphatic heterocycles. The zero-order valence-electron chi connectivity index (χ0n) is 9.88. The number of nitrogens with zero attached hydrogens (tertiary/aromatic N) is 1. The summed E-state index contributed by atoms with van der Waals surface area (Å²) in [5.41, 5.74) is -0.516. The molecule has 0 heterocycles. The van der Waals surface area contributed by atoms with Crippen LogP contribution in [-0.2, 0) is 4.74 Å². The van der Waals surface area contributed by atoms with Crippen LogP contribution in [-0.4, -0.2) is 24.8 Å². The predicted octanol–water partition coefficient (Wildman–Crippen LogP) is 2.23. The van der Waals surface area contributed by atoms with Gasteiger partial charge < -0.3 is 4.74 Å². The molecule has 0 aromatic heterocycles. The van der Waals surface area contributed by atoms with Crippen LogP contribution in [0.1, 0.15) is 46.0 Å². The second-order valence-corrected chi connectivity index (χ2v) is 4.56. The van der Waals surface area contributed by atoms with Crippen LogP contribution in [0.25, 0.3) is 0 Å². The van der Waals surface area contributed by atoms with Crippen molar-refractivity contribution < 1.29 is 4.74 Å². The van der Waals surface area contributed by atoms with E-state index in [4.69, 9.17) is 10.00 Å². The molecular formula is C12H22N2O. The lowest BCUT2D eigenvalue weighted by Gasteiger charge is -2.31. The molecule has 0 aromatic rings. The molecule has 15 heavy (non-hydrogen) atoms. The van der Waals surface area contributed by atoms with Gasteiger partial charge in [0.25, 0.3) is 0 Å². The van der Waals surface area contributed by atoms with Gasteiger partial charge in [-0.1, -0.05) is 19.3 Å². The molecule has 1 aliphatic carbocycles. The van der Waals surface area contributed by atoms with Crippen molar-refractivity contribution in [3.63, 3.8) is 0 Å². The van der Waals surface area contributed by atoms with Gasteiger partial charge in [-0.3, -0.25) is 5.32 Å². The van der Waals surface area contributed by atoms with Crippen molar-refractivity contribution in [2.24, 2.45) is 0 Å². The summed E-state index contributed by atoms with van der Waals surface area (Å²) >= 11 is 0. The Kier molecular flexibility index (Phi) is 5.07. The molecule has 0 bridgehead atoms. The Morgan fingerprint density at radius 1 is 1.40 bits per heavy atom. The molecule has 1 N–H and O–H groups in total. The van der Waals surface area contributed by atoms with Gasteiger partial charge in [-0.2, -0.15) is 5.26 Å². The Labute approximate surface area is 92.8 Å². The van der Waals surface area contributed by atoms with E-state index in [0.29, 0.717) is 19.3 Å². The number of rotatable bonds is 5. The summed E-state index contributed by atoms with van der Waals surface area (Å²) in [6, 6.07) is 2.83. The van der Waals surface area contributed by atoms with Crippen molar-refractivity contribution >= 4 is 0 Å². The van der Waals surface area contributed by atoms with Gasteiger partial charge in [0.15, 0.2) is 0 Å². The largest absolute Gasteiger partial charge is 0.379 e. The fourth-order valence-corrected chi connectivity index (χ4v) is 2.11. The standard InChI is InChI=1S/C12H22N2O/c1-3-15-10-12(2,9-13)14-11-7-5-4-6-8-11/h11,14H,3-8,10H2,1-2H3. The van der Waals surface area contributed by atoms with Crippen molar-refractivity contribution in [2.45, 2.75) is 57.5 Å². The van der Waals surface area contributed by atoms with E-state index >= 15 is 0 Å². The highest BCUT2D eigenvalue weighted by Gasteiger charge is 2.27. The zero-order chi connectivity index (χ0) is 11.1. The normalized spacial score (nSPS) is 21.9. The van der Waals surface area contributed by atoms with Crippen molar-refractivity contribution in [1.29, 1.82) is 5.26 Å². The molecule has 0 spiro atoms. The first-order chi connectivity index (χ1) is 7.20. The van der Waals surface area contributed by atoms with E-state index in [-0.39, 0.29) is 0 Å². The van der Waals surface area contributed by atoms with Crippen LogP contribution in [0.4, 0.5) is 0 Å². The van der Waals surface area contributed by atoms with Gasteiger partial charge in [-0.25, -0.2) is 0 Å². The number of hydrogen-bond acceptors (Lipinski definition) is 3. The summed E-state index contributed by atoms with van der Waals surface area (Å²) in [7, 11) is 0. The summed E-state index contributed by atoms with van der Waals surface area (Å²) in [6.07, 6.45) is 6.31. The molecular weight excluding hydrogens is 188 g/mol. The van der Waals surface area contributed by atoms with Crippen LogP contribution in [0.5, 0.6) is 0 Å². The lowest BCUT2D eigenvalue weighted by molar-refractivity contribution is 0.0974. The summed E-state index contributed by atoms with van der Waals surface area (Å²) < 4.78 is 5.35. The predicted molar refractivity (Wildman–Crippen MR) is 60.5 cm³/mol. The quantitative estimate of drug-likeness (QED) is 0.756. The average molecular weight is 210 g/mol. The van der Waals surface area contributed by atoms with E-state index in [2.05, 4.69) is 11.4 Å². The lowest BCUT2D eigenvalue weighted by atomic mass is 9.93. The van der Waals surface area contributed by atoms with E-state index in [1.165, 1.54) is 32.1 Å². The molecule has 1 aliphatic rings. The number of nitrogens with one attached hydrogen (secondary N) is 1. The average Bonchev–Trinajstić information content (AvgIpc) is 2.28. The van der Waals surface area contributed by atoms with E-state index in [0.717, 1.165) is 0 Å². The van der Waals surface area contributed by atoms with Crippen LogP contribution < -0.4 is 5.32 Å². The van der Waals surface area contributed by atoms with E-state index in [9.17, 15) is 0 Å². The first-order valence-corrected chi connectivity index (χ1v) is 5.97. The minimum absolute atomic E-state index is 0.483. The van der Waals surface area contributed by atoms with Gasteiger partial charge in [-0.05, 0) is 26.7 Å². The zero-order valence-corrected chi connectivity index (χ0v) is 9.88. The molecule has 1 unspecified atom stereocenters. The summed E-state index contributed by atoms with van der Waals surface area (Å²) in [4.78, 5) is 0. The molecule has 1 rings (SSSR count). The van der Waals surface area contributed by atoms with Crippen molar-refractivity contribution in [2.75, 3.05) is 13.2 Å². The fraction of sp³-hybridized carbons (Fsp3) is 0.917.